The van der Waals surface area contributed by atoms with Crippen molar-refractivity contribution in [3.05, 3.63) is 18.0 Å². The van der Waals surface area contributed by atoms with E-state index < -0.39 is 0 Å². The van der Waals surface area contributed by atoms with Crippen LogP contribution < -0.4 is 0 Å². The molecule has 0 saturated heterocycles. The van der Waals surface area contributed by atoms with Crippen molar-refractivity contribution in [3.8, 4) is 0 Å². The van der Waals surface area contributed by atoms with Crippen molar-refractivity contribution < 1.29 is 4.79 Å². The molecule has 0 spiro atoms. The molecule has 0 unspecified atom stereocenters. The number of carbonyl (C=O) groups is 1. The predicted octanol–water partition coefficient (Wildman–Crippen LogP) is 2.03. The molecule has 1 saturated carbocycles. The lowest BCUT2D eigenvalue weighted by Crippen LogP contribution is -2.17. The van der Waals surface area contributed by atoms with Gasteiger partial charge in [-0.05, 0) is 19.3 Å². The molecule has 0 aliphatic heterocycles. The summed E-state index contributed by atoms with van der Waals surface area (Å²) in [6.45, 7) is 0. The van der Waals surface area contributed by atoms with E-state index in [2.05, 4.69) is 5.10 Å². The average molecular weight is 199 g/mol. The molecule has 2 rings (SSSR count). The number of alkyl halides is 1. The van der Waals surface area contributed by atoms with Gasteiger partial charge in [-0.15, -0.1) is 11.6 Å². The molecule has 0 amide bonds. The van der Waals surface area contributed by atoms with E-state index in [1.54, 1.807) is 12.4 Å². The topological polar surface area (TPSA) is 34.9 Å². The molecule has 13 heavy (non-hydrogen) atoms. The summed E-state index contributed by atoms with van der Waals surface area (Å²) in [7, 11) is 0. The monoisotopic (exact) mass is 198 g/mol. The van der Waals surface area contributed by atoms with Gasteiger partial charge >= 0.3 is 0 Å². The summed E-state index contributed by atoms with van der Waals surface area (Å²) in [5.74, 6) is -0.0108. The van der Waals surface area contributed by atoms with Crippen LogP contribution in [0.5, 0.6) is 0 Å². The van der Waals surface area contributed by atoms with Gasteiger partial charge in [0.05, 0.1) is 23.7 Å². The number of nitrogens with zero attached hydrogens (tertiary/aromatic N) is 2. The summed E-state index contributed by atoms with van der Waals surface area (Å²) >= 11 is 5.44. The van der Waals surface area contributed by atoms with Gasteiger partial charge < -0.3 is 0 Å². The van der Waals surface area contributed by atoms with Crippen LogP contribution in [0.4, 0.5) is 0 Å². The Morgan fingerprint density at radius 3 is 3.00 bits per heavy atom. The molecule has 1 aromatic rings. The number of carbonyl (C=O) groups excluding carboxylic acids is 1. The molecule has 0 bridgehead atoms. The number of hydrogen-bond acceptors (Lipinski definition) is 2. The third-order valence-electron chi connectivity index (χ3n) is 2.49. The molecule has 1 aliphatic carbocycles. The van der Waals surface area contributed by atoms with Gasteiger partial charge in [0, 0.05) is 6.20 Å². The number of Topliss-reactive ketones (excluding diaryl/α,β-unsaturated/α-hetero) is 1. The zero-order valence-corrected chi connectivity index (χ0v) is 8.00. The third kappa shape index (κ3) is 1.61. The average Bonchev–Trinajstić information content (AvgIpc) is 2.49. The molecule has 1 aromatic heterocycles. The Labute approximate surface area is 81.7 Å². The number of aromatic nitrogens is 2. The highest BCUT2D eigenvalue weighted by Gasteiger charge is 2.20. The molecule has 3 nitrogen and oxygen atoms in total. The minimum Gasteiger partial charge on any atom is -0.293 e. The molecule has 0 atom stereocenters. The van der Waals surface area contributed by atoms with Crippen molar-refractivity contribution in [2.75, 3.05) is 5.88 Å². The van der Waals surface area contributed by atoms with Crippen LogP contribution in [0.1, 0.15) is 35.7 Å². The van der Waals surface area contributed by atoms with E-state index in [0.717, 1.165) is 0 Å². The van der Waals surface area contributed by atoms with Crippen LogP contribution in [-0.4, -0.2) is 21.4 Å². The number of halogens is 1. The first-order valence-electron chi connectivity index (χ1n) is 4.44. The van der Waals surface area contributed by atoms with Crippen molar-refractivity contribution in [1.82, 2.24) is 9.78 Å². The fraction of sp³-hybridized carbons (Fsp3) is 0.556. The first-order chi connectivity index (χ1) is 6.31. The van der Waals surface area contributed by atoms with Crippen molar-refractivity contribution in [1.29, 1.82) is 0 Å². The van der Waals surface area contributed by atoms with Crippen LogP contribution in [0.3, 0.4) is 0 Å². The van der Waals surface area contributed by atoms with Crippen LogP contribution in [0.15, 0.2) is 12.4 Å². The highest BCUT2D eigenvalue weighted by atomic mass is 35.5. The molecular formula is C9H11ClN2O. The van der Waals surface area contributed by atoms with Gasteiger partial charge in [0.2, 0.25) is 0 Å². The van der Waals surface area contributed by atoms with E-state index in [1.165, 1.54) is 19.3 Å². The van der Waals surface area contributed by atoms with Gasteiger partial charge in [-0.25, -0.2) is 0 Å². The first kappa shape index (κ1) is 8.75. The second kappa shape index (κ2) is 3.50. The maximum atomic E-state index is 11.2. The molecule has 1 heterocycles. The predicted molar refractivity (Wildman–Crippen MR) is 50.2 cm³/mol. The van der Waals surface area contributed by atoms with Crippen molar-refractivity contribution in [2.45, 2.75) is 25.3 Å². The fourth-order valence-electron chi connectivity index (χ4n) is 1.41. The van der Waals surface area contributed by atoms with Crippen LogP contribution in [0.2, 0.25) is 0 Å². The Kier molecular flexibility index (Phi) is 2.36. The van der Waals surface area contributed by atoms with Crippen LogP contribution >= 0.6 is 11.6 Å². The second-order valence-electron chi connectivity index (χ2n) is 3.35. The lowest BCUT2D eigenvalue weighted by atomic mass is 9.93. The molecule has 1 aliphatic rings. The maximum absolute atomic E-state index is 11.2. The normalized spacial score (nSPS) is 17.0. The first-order valence-corrected chi connectivity index (χ1v) is 4.98. The molecular weight excluding hydrogens is 188 g/mol. The largest absolute Gasteiger partial charge is 0.293 e. The lowest BCUT2D eigenvalue weighted by Gasteiger charge is -2.25. The van der Waals surface area contributed by atoms with E-state index in [1.807, 2.05) is 4.68 Å². The summed E-state index contributed by atoms with van der Waals surface area (Å²) < 4.78 is 1.88. The lowest BCUT2D eigenvalue weighted by molar-refractivity contribution is 0.102. The fourth-order valence-corrected chi connectivity index (χ4v) is 1.56. The van der Waals surface area contributed by atoms with Crippen molar-refractivity contribution >= 4 is 17.4 Å². The zero-order chi connectivity index (χ0) is 9.26. The van der Waals surface area contributed by atoms with E-state index in [4.69, 9.17) is 11.6 Å². The number of ketones is 1. The van der Waals surface area contributed by atoms with Gasteiger partial charge in [-0.3, -0.25) is 9.48 Å². The van der Waals surface area contributed by atoms with Crippen LogP contribution in [0, 0.1) is 0 Å². The van der Waals surface area contributed by atoms with Gasteiger partial charge in [0.1, 0.15) is 0 Å². The standard InChI is InChI=1S/C9H11ClN2O/c10-4-9(13)7-5-11-12(6-7)8-2-1-3-8/h5-6,8H,1-4H2. The Bertz CT molecular complexity index is 317. The van der Waals surface area contributed by atoms with E-state index in [0.29, 0.717) is 11.6 Å². The highest BCUT2D eigenvalue weighted by molar-refractivity contribution is 6.30. The summed E-state index contributed by atoms with van der Waals surface area (Å²) in [6, 6.07) is 0.511. The molecule has 0 N–H and O–H groups in total. The Balaban J connectivity index is 2.12. The summed E-state index contributed by atoms with van der Waals surface area (Å²) in [4.78, 5) is 11.2. The quantitative estimate of drug-likeness (QED) is 0.550. The SMILES string of the molecule is O=C(CCl)c1cnn(C2CCC2)c1. The number of hydrogen-bond donors (Lipinski definition) is 0. The van der Waals surface area contributed by atoms with E-state index in [9.17, 15) is 4.79 Å². The van der Waals surface area contributed by atoms with Gasteiger partial charge in [-0.1, -0.05) is 0 Å². The summed E-state index contributed by atoms with van der Waals surface area (Å²) in [5.41, 5.74) is 0.627. The third-order valence-corrected chi connectivity index (χ3v) is 2.74. The Hall–Kier alpha value is -0.830. The maximum Gasteiger partial charge on any atom is 0.180 e. The van der Waals surface area contributed by atoms with Gasteiger partial charge in [0.25, 0.3) is 0 Å². The van der Waals surface area contributed by atoms with Crippen LogP contribution in [0.25, 0.3) is 0 Å². The van der Waals surface area contributed by atoms with E-state index >= 15 is 0 Å². The molecule has 70 valence electrons. The Morgan fingerprint density at radius 1 is 1.69 bits per heavy atom. The number of rotatable bonds is 3. The van der Waals surface area contributed by atoms with Crippen molar-refractivity contribution in [2.24, 2.45) is 0 Å². The smallest absolute Gasteiger partial charge is 0.180 e. The minimum atomic E-state index is -0.0489. The highest BCUT2D eigenvalue weighted by Crippen LogP contribution is 2.30. The Morgan fingerprint density at radius 2 is 2.46 bits per heavy atom. The minimum absolute atomic E-state index is 0.0381. The zero-order valence-electron chi connectivity index (χ0n) is 7.24. The molecule has 4 heteroatoms. The molecule has 0 aromatic carbocycles. The van der Waals surface area contributed by atoms with Crippen molar-refractivity contribution in [3.63, 3.8) is 0 Å². The molecule has 0 radical (unpaired) electrons. The van der Waals surface area contributed by atoms with Gasteiger partial charge in [0.15, 0.2) is 5.78 Å². The van der Waals surface area contributed by atoms with E-state index in [-0.39, 0.29) is 11.7 Å². The van der Waals surface area contributed by atoms with Gasteiger partial charge in [-0.2, -0.15) is 5.10 Å². The summed E-state index contributed by atoms with van der Waals surface area (Å²) in [6.07, 6.45) is 7.02. The summed E-state index contributed by atoms with van der Waals surface area (Å²) in [5, 5.41) is 4.14. The van der Waals surface area contributed by atoms with Crippen LogP contribution in [-0.2, 0) is 0 Å². The second-order valence-corrected chi connectivity index (χ2v) is 3.62. The molecule has 1 fully saturated rings.